The second kappa shape index (κ2) is 8.62. The molecule has 0 unspecified atom stereocenters. The quantitative estimate of drug-likeness (QED) is 0.615. The predicted molar refractivity (Wildman–Crippen MR) is 116 cm³/mol. The van der Waals surface area contributed by atoms with Crippen molar-refractivity contribution in [3.05, 3.63) is 35.1 Å². The smallest absolute Gasteiger partial charge is 0.338 e. The van der Waals surface area contributed by atoms with Crippen molar-refractivity contribution < 1.29 is 18.7 Å². The summed E-state index contributed by atoms with van der Waals surface area (Å²) in [5.74, 6) is 0.598. The average molecular weight is 398 g/mol. The maximum absolute atomic E-state index is 12.9. The normalized spacial score (nSPS) is 17.6. The van der Waals surface area contributed by atoms with E-state index in [9.17, 15) is 4.79 Å². The fraction of sp³-hybridized carbons (Fsp3) is 0.542. The number of anilines is 1. The Labute approximate surface area is 172 Å². The topological polar surface area (TPSA) is 51.9 Å². The van der Waals surface area contributed by atoms with E-state index in [0.29, 0.717) is 11.6 Å². The number of hydrogen-bond acceptors (Lipinski definition) is 5. The Hall–Kier alpha value is -2.27. The Morgan fingerprint density at radius 3 is 2.66 bits per heavy atom. The second-order valence-electron chi connectivity index (χ2n) is 7.87. The summed E-state index contributed by atoms with van der Waals surface area (Å²) in [4.78, 5) is 15.3. The molecule has 29 heavy (non-hydrogen) atoms. The molecular formula is C24H31NO4. The summed E-state index contributed by atoms with van der Waals surface area (Å²) in [6, 6.07) is 4.58. The summed E-state index contributed by atoms with van der Waals surface area (Å²) in [5.41, 5.74) is 4.81. The summed E-state index contributed by atoms with van der Waals surface area (Å²) in [5, 5.41) is 0.864. The van der Waals surface area contributed by atoms with Gasteiger partial charge in [-0.3, -0.25) is 0 Å². The van der Waals surface area contributed by atoms with Crippen LogP contribution in [-0.2, 0) is 15.9 Å². The van der Waals surface area contributed by atoms with Gasteiger partial charge in [-0.25, -0.2) is 4.79 Å². The van der Waals surface area contributed by atoms with Crippen molar-refractivity contribution in [2.45, 2.75) is 58.4 Å². The van der Waals surface area contributed by atoms with E-state index in [1.54, 1.807) is 0 Å². The third kappa shape index (κ3) is 3.68. The van der Waals surface area contributed by atoms with Crippen LogP contribution >= 0.6 is 0 Å². The first-order chi connectivity index (χ1) is 14.2. The van der Waals surface area contributed by atoms with Gasteiger partial charge in [0.05, 0.1) is 12.7 Å². The maximum atomic E-state index is 12.9. The van der Waals surface area contributed by atoms with Crippen molar-refractivity contribution in [3.8, 4) is 0 Å². The monoisotopic (exact) mass is 397 g/mol. The van der Waals surface area contributed by atoms with Crippen LogP contribution in [0.3, 0.4) is 0 Å². The Morgan fingerprint density at radius 2 is 2.03 bits per heavy atom. The Morgan fingerprint density at radius 1 is 1.24 bits per heavy atom. The SMILES string of the molecule is CCc1c(N(CC)C2CCOCC2)cc2oc(C3=CCCC3)cc2c1C(=O)OC. The van der Waals surface area contributed by atoms with Crippen molar-refractivity contribution in [2.24, 2.45) is 0 Å². The highest BCUT2D eigenvalue weighted by molar-refractivity contribution is 6.07. The van der Waals surface area contributed by atoms with Crippen molar-refractivity contribution in [2.75, 3.05) is 31.8 Å². The lowest BCUT2D eigenvalue weighted by molar-refractivity contribution is 0.0601. The van der Waals surface area contributed by atoms with Crippen LogP contribution in [-0.4, -0.2) is 38.9 Å². The molecule has 2 heterocycles. The number of esters is 1. The van der Waals surface area contributed by atoms with E-state index < -0.39 is 0 Å². The van der Waals surface area contributed by atoms with Gasteiger partial charge in [-0.15, -0.1) is 0 Å². The minimum Gasteiger partial charge on any atom is -0.465 e. The van der Waals surface area contributed by atoms with E-state index in [1.807, 2.05) is 6.07 Å². The third-order valence-electron chi connectivity index (χ3n) is 6.29. The summed E-state index contributed by atoms with van der Waals surface area (Å²) < 4.78 is 17.1. The number of carbonyl (C=O) groups is 1. The number of ether oxygens (including phenoxy) is 2. The number of benzene rings is 1. The average Bonchev–Trinajstić information content (AvgIpc) is 3.43. The molecule has 2 aliphatic rings. The molecule has 1 aromatic carbocycles. The van der Waals surface area contributed by atoms with E-state index >= 15 is 0 Å². The molecule has 2 aromatic rings. The van der Waals surface area contributed by atoms with Gasteiger partial charge in [0.15, 0.2) is 0 Å². The number of hydrogen-bond donors (Lipinski definition) is 0. The molecule has 0 N–H and O–H groups in total. The van der Waals surface area contributed by atoms with Gasteiger partial charge in [-0.1, -0.05) is 13.0 Å². The number of nitrogens with zero attached hydrogens (tertiary/aromatic N) is 1. The van der Waals surface area contributed by atoms with Gasteiger partial charge < -0.3 is 18.8 Å². The minimum atomic E-state index is -0.288. The molecule has 0 amide bonds. The van der Waals surface area contributed by atoms with Crippen LogP contribution in [0.4, 0.5) is 5.69 Å². The van der Waals surface area contributed by atoms with Gasteiger partial charge in [-0.05, 0) is 62.7 Å². The van der Waals surface area contributed by atoms with E-state index in [-0.39, 0.29) is 5.97 Å². The second-order valence-corrected chi connectivity index (χ2v) is 7.87. The highest BCUT2D eigenvalue weighted by atomic mass is 16.5. The van der Waals surface area contributed by atoms with Crippen LogP contribution in [0.1, 0.15) is 67.6 Å². The number of fused-ring (bicyclic) bond motifs is 1. The summed E-state index contributed by atoms with van der Waals surface area (Å²) in [6.07, 6.45) is 8.29. The Kier molecular flexibility index (Phi) is 5.95. The van der Waals surface area contributed by atoms with Crippen molar-refractivity contribution in [1.82, 2.24) is 0 Å². The Balaban J connectivity index is 1.89. The highest BCUT2D eigenvalue weighted by Crippen LogP contribution is 2.39. The largest absolute Gasteiger partial charge is 0.465 e. The zero-order valence-electron chi connectivity index (χ0n) is 17.8. The number of methoxy groups -OCH3 is 1. The molecule has 0 bridgehead atoms. The lowest BCUT2D eigenvalue weighted by Crippen LogP contribution is -2.40. The molecule has 1 saturated heterocycles. The first-order valence-electron chi connectivity index (χ1n) is 10.9. The van der Waals surface area contributed by atoms with Crippen molar-refractivity contribution in [3.63, 3.8) is 0 Å². The molecule has 0 radical (unpaired) electrons. The van der Waals surface area contributed by atoms with Crippen LogP contribution in [0.15, 0.2) is 22.6 Å². The number of rotatable bonds is 6. The zero-order valence-corrected chi connectivity index (χ0v) is 17.8. The van der Waals surface area contributed by atoms with Crippen LogP contribution in [0.5, 0.6) is 0 Å². The molecule has 4 rings (SSSR count). The molecule has 0 saturated carbocycles. The lowest BCUT2D eigenvalue weighted by atomic mass is 9.96. The van der Waals surface area contributed by atoms with Gasteiger partial charge in [0, 0.05) is 42.9 Å². The van der Waals surface area contributed by atoms with Gasteiger partial charge in [0.25, 0.3) is 0 Å². The molecule has 0 spiro atoms. The van der Waals surface area contributed by atoms with Crippen molar-refractivity contribution >= 4 is 28.2 Å². The first kappa shape index (κ1) is 20.0. The van der Waals surface area contributed by atoms with Crippen LogP contribution in [0, 0.1) is 0 Å². The standard InChI is InChI=1S/C24H31NO4/c1-4-18-20(25(5-2)17-10-12-28-13-11-17)15-22-19(23(18)24(26)27-3)14-21(29-22)16-8-6-7-9-16/h8,14-15,17H,4-7,9-13H2,1-3H3. The molecule has 1 aliphatic carbocycles. The molecule has 5 nitrogen and oxygen atoms in total. The molecule has 1 aliphatic heterocycles. The number of carbonyl (C=O) groups excluding carboxylic acids is 1. The van der Waals surface area contributed by atoms with E-state index in [1.165, 1.54) is 12.7 Å². The van der Waals surface area contributed by atoms with Gasteiger partial charge in [0.2, 0.25) is 0 Å². The lowest BCUT2D eigenvalue weighted by Gasteiger charge is -2.36. The predicted octanol–water partition coefficient (Wildman–Crippen LogP) is 5.35. The zero-order chi connectivity index (χ0) is 20.4. The minimum absolute atomic E-state index is 0.288. The van der Waals surface area contributed by atoms with Crippen molar-refractivity contribution in [1.29, 1.82) is 0 Å². The fourth-order valence-corrected chi connectivity index (χ4v) is 4.83. The summed E-state index contributed by atoms with van der Waals surface area (Å²) in [7, 11) is 1.46. The van der Waals surface area contributed by atoms with E-state index in [4.69, 9.17) is 13.9 Å². The fourth-order valence-electron chi connectivity index (χ4n) is 4.83. The molecule has 156 valence electrons. The summed E-state index contributed by atoms with van der Waals surface area (Å²) in [6.45, 7) is 6.73. The first-order valence-corrected chi connectivity index (χ1v) is 10.9. The Bertz CT molecular complexity index is 921. The van der Waals surface area contributed by atoms with Gasteiger partial charge in [-0.2, -0.15) is 0 Å². The molecule has 1 fully saturated rings. The summed E-state index contributed by atoms with van der Waals surface area (Å²) >= 11 is 0. The van der Waals surface area contributed by atoms with E-state index in [2.05, 4.69) is 30.9 Å². The van der Waals surface area contributed by atoms with Crippen LogP contribution < -0.4 is 4.90 Å². The third-order valence-corrected chi connectivity index (χ3v) is 6.29. The van der Waals surface area contributed by atoms with Crippen LogP contribution in [0.2, 0.25) is 0 Å². The molecule has 1 aromatic heterocycles. The molecule has 5 heteroatoms. The molecule has 0 atom stereocenters. The number of allylic oxidation sites excluding steroid dienone is 2. The molecular weight excluding hydrogens is 366 g/mol. The van der Waals surface area contributed by atoms with E-state index in [0.717, 1.165) is 86.3 Å². The maximum Gasteiger partial charge on any atom is 0.338 e. The van der Waals surface area contributed by atoms with Gasteiger partial charge >= 0.3 is 5.97 Å². The highest BCUT2D eigenvalue weighted by Gasteiger charge is 2.28. The number of furan rings is 1. The van der Waals surface area contributed by atoms with Gasteiger partial charge in [0.1, 0.15) is 11.3 Å². The van der Waals surface area contributed by atoms with Crippen LogP contribution in [0.25, 0.3) is 16.5 Å².